The van der Waals surface area contributed by atoms with E-state index < -0.39 is 12.1 Å². The lowest BCUT2D eigenvalue weighted by Crippen LogP contribution is -2.50. The fourth-order valence-corrected chi connectivity index (χ4v) is 2.70. The van der Waals surface area contributed by atoms with Gasteiger partial charge < -0.3 is 10.2 Å². The van der Waals surface area contributed by atoms with Crippen molar-refractivity contribution < 1.29 is 14.0 Å². The number of benzene rings is 1. The SMILES string of the molecule is CN(C)c1cccc(CN2C(=O)CC(c3ccc(F)cc3)NC2=O)n1. The number of carbonyl (C=O) groups is 2. The second kappa shape index (κ2) is 6.88. The van der Waals surface area contributed by atoms with E-state index in [0.29, 0.717) is 11.3 Å². The van der Waals surface area contributed by atoms with E-state index in [1.807, 2.05) is 31.1 Å². The Labute approximate surface area is 145 Å². The minimum absolute atomic E-state index is 0.114. The maximum atomic E-state index is 13.0. The molecule has 2 aromatic rings. The van der Waals surface area contributed by atoms with Gasteiger partial charge in [-0.2, -0.15) is 0 Å². The predicted molar refractivity (Wildman–Crippen MR) is 91.4 cm³/mol. The minimum atomic E-state index is -0.470. The lowest BCUT2D eigenvalue weighted by atomic mass is 10.0. The zero-order valence-electron chi connectivity index (χ0n) is 14.1. The van der Waals surface area contributed by atoms with Gasteiger partial charge in [0.05, 0.1) is 24.7 Å². The summed E-state index contributed by atoms with van der Waals surface area (Å²) in [7, 11) is 3.75. The molecule has 3 amide bonds. The lowest BCUT2D eigenvalue weighted by molar-refractivity contribution is -0.130. The number of urea groups is 1. The first-order valence-electron chi connectivity index (χ1n) is 7.93. The van der Waals surface area contributed by atoms with Crippen molar-refractivity contribution >= 4 is 17.8 Å². The van der Waals surface area contributed by atoms with E-state index >= 15 is 0 Å². The van der Waals surface area contributed by atoms with Gasteiger partial charge in [0, 0.05) is 14.1 Å². The summed E-state index contributed by atoms with van der Waals surface area (Å²) < 4.78 is 13.0. The number of amides is 3. The number of aromatic nitrogens is 1. The first-order chi connectivity index (χ1) is 11.9. The summed E-state index contributed by atoms with van der Waals surface area (Å²) in [6.07, 6.45) is 0.130. The summed E-state index contributed by atoms with van der Waals surface area (Å²) >= 11 is 0. The van der Waals surface area contributed by atoms with Gasteiger partial charge in [-0.05, 0) is 29.8 Å². The number of hydrogen-bond donors (Lipinski definition) is 1. The third-order valence-electron chi connectivity index (χ3n) is 4.07. The number of halogens is 1. The van der Waals surface area contributed by atoms with Crippen molar-refractivity contribution in [1.29, 1.82) is 0 Å². The number of hydrogen-bond acceptors (Lipinski definition) is 4. The van der Waals surface area contributed by atoms with Crippen molar-refractivity contribution in [3.8, 4) is 0 Å². The number of anilines is 1. The number of carbonyl (C=O) groups excluding carboxylic acids is 2. The van der Waals surface area contributed by atoms with Crippen LogP contribution >= 0.6 is 0 Å². The van der Waals surface area contributed by atoms with Gasteiger partial charge in [-0.1, -0.05) is 18.2 Å². The smallest absolute Gasteiger partial charge is 0.324 e. The fraction of sp³-hybridized carbons (Fsp3) is 0.278. The summed E-state index contributed by atoms with van der Waals surface area (Å²) in [5, 5.41) is 2.80. The predicted octanol–water partition coefficient (Wildman–Crippen LogP) is 2.47. The summed E-state index contributed by atoms with van der Waals surface area (Å²) in [5.41, 5.74) is 1.34. The molecule has 1 N–H and O–H groups in total. The molecule has 1 atom stereocenters. The number of nitrogens with zero attached hydrogens (tertiary/aromatic N) is 3. The second-order valence-corrected chi connectivity index (χ2v) is 6.12. The van der Waals surface area contributed by atoms with Crippen LogP contribution in [0.2, 0.25) is 0 Å². The summed E-state index contributed by atoms with van der Waals surface area (Å²) in [6, 6.07) is 10.3. The highest BCUT2D eigenvalue weighted by atomic mass is 19.1. The quantitative estimate of drug-likeness (QED) is 0.927. The van der Waals surface area contributed by atoms with E-state index in [4.69, 9.17) is 0 Å². The minimum Gasteiger partial charge on any atom is -0.363 e. The monoisotopic (exact) mass is 342 g/mol. The number of nitrogens with one attached hydrogen (secondary N) is 1. The summed E-state index contributed by atoms with van der Waals surface area (Å²) in [6.45, 7) is 0.114. The highest BCUT2D eigenvalue weighted by Gasteiger charge is 2.33. The first-order valence-corrected chi connectivity index (χ1v) is 7.93. The molecule has 1 aliphatic rings. The van der Waals surface area contributed by atoms with Crippen LogP contribution in [0.3, 0.4) is 0 Å². The third-order valence-corrected chi connectivity index (χ3v) is 4.07. The van der Waals surface area contributed by atoms with E-state index in [1.165, 1.54) is 12.1 Å². The normalized spacial score (nSPS) is 17.4. The van der Waals surface area contributed by atoms with Crippen LogP contribution in [0.25, 0.3) is 0 Å². The van der Waals surface area contributed by atoms with E-state index in [2.05, 4.69) is 10.3 Å². The molecule has 1 aliphatic heterocycles. The van der Waals surface area contributed by atoms with Crippen LogP contribution < -0.4 is 10.2 Å². The molecule has 0 bridgehead atoms. The molecular weight excluding hydrogens is 323 g/mol. The third kappa shape index (κ3) is 3.76. The van der Waals surface area contributed by atoms with Crippen molar-refractivity contribution in [3.05, 3.63) is 59.5 Å². The lowest BCUT2D eigenvalue weighted by Gasteiger charge is -2.31. The molecule has 2 heterocycles. The average molecular weight is 342 g/mol. The van der Waals surface area contributed by atoms with Crippen LogP contribution in [-0.4, -0.2) is 35.9 Å². The van der Waals surface area contributed by atoms with Crippen LogP contribution in [0, 0.1) is 5.82 Å². The molecule has 7 heteroatoms. The molecule has 1 unspecified atom stereocenters. The Balaban J connectivity index is 1.73. The maximum absolute atomic E-state index is 13.0. The van der Waals surface area contributed by atoms with Crippen molar-refractivity contribution in [3.63, 3.8) is 0 Å². The molecule has 25 heavy (non-hydrogen) atoms. The summed E-state index contributed by atoms with van der Waals surface area (Å²) in [4.78, 5) is 32.2. The van der Waals surface area contributed by atoms with Gasteiger partial charge in [-0.25, -0.2) is 14.2 Å². The van der Waals surface area contributed by atoms with E-state index in [9.17, 15) is 14.0 Å². The molecule has 0 saturated carbocycles. The van der Waals surface area contributed by atoms with Crippen LogP contribution in [0.4, 0.5) is 15.0 Å². The zero-order valence-corrected chi connectivity index (χ0v) is 14.1. The number of imide groups is 1. The Bertz CT molecular complexity index is 774. The fourth-order valence-electron chi connectivity index (χ4n) is 2.70. The van der Waals surface area contributed by atoms with E-state index in [1.54, 1.807) is 18.2 Å². The molecule has 0 radical (unpaired) electrons. The van der Waals surface area contributed by atoms with Crippen LogP contribution in [0.1, 0.15) is 23.7 Å². The zero-order chi connectivity index (χ0) is 18.0. The van der Waals surface area contributed by atoms with E-state index in [-0.39, 0.29) is 24.7 Å². The molecule has 1 fully saturated rings. The molecule has 1 aromatic carbocycles. The van der Waals surface area contributed by atoms with Crippen molar-refractivity contribution in [2.45, 2.75) is 19.0 Å². The topological polar surface area (TPSA) is 65.5 Å². The van der Waals surface area contributed by atoms with Crippen LogP contribution in [0.5, 0.6) is 0 Å². The molecule has 130 valence electrons. The van der Waals surface area contributed by atoms with Gasteiger partial charge in [0.15, 0.2) is 0 Å². The van der Waals surface area contributed by atoms with Gasteiger partial charge in [-0.3, -0.25) is 9.69 Å². The molecule has 6 nitrogen and oxygen atoms in total. The largest absolute Gasteiger partial charge is 0.363 e. The van der Waals surface area contributed by atoms with E-state index in [0.717, 1.165) is 10.7 Å². The number of pyridine rings is 1. The molecule has 3 rings (SSSR count). The van der Waals surface area contributed by atoms with Gasteiger partial charge in [0.2, 0.25) is 5.91 Å². The number of rotatable bonds is 4. The molecule has 1 aromatic heterocycles. The first kappa shape index (κ1) is 16.9. The Morgan fingerprint density at radius 1 is 1.20 bits per heavy atom. The van der Waals surface area contributed by atoms with Crippen molar-refractivity contribution in [2.24, 2.45) is 0 Å². The van der Waals surface area contributed by atoms with Gasteiger partial charge in [-0.15, -0.1) is 0 Å². The van der Waals surface area contributed by atoms with Crippen LogP contribution in [-0.2, 0) is 11.3 Å². The Morgan fingerprint density at radius 3 is 2.56 bits per heavy atom. The highest BCUT2D eigenvalue weighted by Crippen LogP contribution is 2.23. The average Bonchev–Trinajstić information content (AvgIpc) is 2.59. The summed E-state index contributed by atoms with van der Waals surface area (Å²) in [5.74, 6) is 0.118. The molecule has 0 spiro atoms. The van der Waals surface area contributed by atoms with Crippen molar-refractivity contribution in [1.82, 2.24) is 15.2 Å². The van der Waals surface area contributed by atoms with Gasteiger partial charge >= 0.3 is 6.03 Å². The Kier molecular flexibility index (Phi) is 4.65. The van der Waals surface area contributed by atoms with Gasteiger partial charge in [0.1, 0.15) is 11.6 Å². The molecule has 1 saturated heterocycles. The Hall–Kier alpha value is -2.96. The maximum Gasteiger partial charge on any atom is 0.324 e. The Morgan fingerprint density at radius 2 is 1.92 bits per heavy atom. The molecule has 0 aliphatic carbocycles. The van der Waals surface area contributed by atoms with Crippen LogP contribution in [0.15, 0.2) is 42.5 Å². The van der Waals surface area contributed by atoms with Crippen molar-refractivity contribution in [2.75, 3.05) is 19.0 Å². The van der Waals surface area contributed by atoms with Gasteiger partial charge in [0.25, 0.3) is 0 Å². The highest BCUT2D eigenvalue weighted by molar-refractivity contribution is 5.97. The molecular formula is C18H19FN4O2. The second-order valence-electron chi connectivity index (χ2n) is 6.12. The standard InChI is InChI=1S/C18H19FN4O2/c1-22(2)16-5-3-4-14(20-16)11-23-17(24)10-15(21-18(23)25)12-6-8-13(19)9-7-12/h3-9,15H,10-11H2,1-2H3,(H,21,25).